The summed E-state index contributed by atoms with van der Waals surface area (Å²) in [5, 5.41) is 7.92. The van der Waals surface area contributed by atoms with Crippen molar-refractivity contribution in [3.05, 3.63) is 40.3 Å². The number of amides is 2. The molecule has 10 heteroatoms. The molecule has 1 aromatic heterocycles. The summed E-state index contributed by atoms with van der Waals surface area (Å²) in [6.45, 7) is 0.630. The number of hydrogen-bond donors (Lipinski definition) is 3. The Morgan fingerprint density at radius 2 is 1.68 bits per heavy atom. The van der Waals surface area contributed by atoms with Gasteiger partial charge in [0.1, 0.15) is 10.7 Å². The maximum Gasteiger partial charge on any atom is 0.275 e. The van der Waals surface area contributed by atoms with Gasteiger partial charge < -0.3 is 21.3 Å². The van der Waals surface area contributed by atoms with E-state index in [-0.39, 0.29) is 36.6 Å². The third kappa shape index (κ3) is 7.37. The lowest BCUT2D eigenvalue weighted by Crippen LogP contribution is -2.27. The monoisotopic (exact) mass is 405 g/mol. The van der Waals surface area contributed by atoms with Gasteiger partial charge in [0.15, 0.2) is 0 Å². The van der Waals surface area contributed by atoms with Gasteiger partial charge in [-0.05, 0) is 38.4 Å². The molecule has 0 aliphatic heterocycles. The maximum atomic E-state index is 12.0. The van der Waals surface area contributed by atoms with Gasteiger partial charge in [-0.2, -0.15) is 0 Å². The molecule has 2 amide bonds. The van der Waals surface area contributed by atoms with E-state index in [4.69, 9.17) is 5.73 Å². The van der Waals surface area contributed by atoms with Crippen LogP contribution < -0.4 is 16.4 Å². The number of carbonyl (C=O) groups excluding carboxylic acids is 2. The van der Waals surface area contributed by atoms with Crippen molar-refractivity contribution < 1.29 is 9.59 Å². The number of carbonyl (C=O) groups is 2. The minimum Gasteiger partial charge on any atom is -0.325 e. The van der Waals surface area contributed by atoms with E-state index in [1.54, 1.807) is 34.5 Å². The Labute approximate surface area is 162 Å². The molecule has 0 spiro atoms. The highest BCUT2D eigenvalue weighted by Gasteiger charge is 2.10. The highest BCUT2D eigenvalue weighted by atomic mass is 35.5. The smallest absolute Gasteiger partial charge is 0.275 e. The predicted octanol–water partition coefficient (Wildman–Crippen LogP) is 2.20. The maximum absolute atomic E-state index is 12.0. The number of nitrogens with two attached hydrogens (primary N) is 1. The fraction of sp³-hybridized carbons (Fsp3) is 0.267. The first-order valence-corrected chi connectivity index (χ1v) is 7.86. The molecule has 0 bridgehead atoms. The molecule has 1 aromatic carbocycles. The number of benzene rings is 1. The number of nitrogens with zero attached hydrogens (tertiary/aromatic N) is 2. The molecule has 25 heavy (non-hydrogen) atoms. The second-order valence-electron chi connectivity index (χ2n) is 5.15. The summed E-state index contributed by atoms with van der Waals surface area (Å²) in [6.07, 6.45) is 0. The summed E-state index contributed by atoms with van der Waals surface area (Å²) in [7, 11) is 3.65. The molecule has 4 N–H and O–H groups in total. The molecular weight excluding hydrogens is 385 g/mol. The normalized spacial score (nSPS) is 9.76. The second-order valence-corrected chi connectivity index (χ2v) is 6.09. The van der Waals surface area contributed by atoms with E-state index in [0.29, 0.717) is 35.2 Å². The lowest BCUT2D eigenvalue weighted by atomic mass is 10.2. The SMILES string of the molecule is CN(C)CC(=O)Nc1ccc(NC(=O)c2csc(CN)n2)cc1.Cl.Cl. The lowest BCUT2D eigenvalue weighted by molar-refractivity contribution is -0.116. The van der Waals surface area contributed by atoms with E-state index in [1.165, 1.54) is 11.3 Å². The Bertz CT molecular complexity index is 691. The summed E-state index contributed by atoms with van der Waals surface area (Å²) in [4.78, 5) is 29.6. The van der Waals surface area contributed by atoms with Gasteiger partial charge in [-0.1, -0.05) is 0 Å². The Kier molecular flexibility index (Phi) is 10.3. The van der Waals surface area contributed by atoms with E-state index in [9.17, 15) is 9.59 Å². The molecular formula is C15H21Cl2N5O2S. The molecule has 0 saturated heterocycles. The molecule has 2 rings (SSSR count). The van der Waals surface area contributed by atoms with Crippen molar-refractivity contribution in [2.45, 2.75) is 6.54 Å². The Balaban J connectivity index is 0.00000288. The fourth-order valence-corrected chi connectivity index (χ4v) is 2.48. The van der Waals surface area contributed by atoms with Crippen molar-refractivity contribution in [3.63, 3.8) is 0 Å². The zero-order valence-corrected chi connectivity index (χ0v) is 16.3. The average molecular weight is 406 g/mol. The zero-order valence-electron chi connectivity index (χ0n) is 13.8. The van der Waals surface area contributed by atoms with Crippen LogP contribution in [0.3, 0.4) is 0 Å². The summed E-state index contributed by atoms with van der Waals surface area (Å²) >= 11 is 1.35. The number of aromatic nitrogens is 1. The standard InChI is InChI=1S/C15H19N5O2S.2ClH/c1-20(2)8-13(21)17-10-3-5-11(6-4-10)18-15(22)12-9-23-14(7-16)19-12;;/h3-6,9H,7-8,16H2,1-2H3,(H,17,21)(H,18,22);2*1H. The second kappa shape index (κ2) is 11.0. The number of thiazole rings is 1. The van der Waals surface area contributed by atoms with Crippen molar-refractivity contribution in [1.82, 2.24) is 9.88 Å². The fourth-order valence-electron chi connectivity index (χ4n) is 1.83. The first-order valence-electron chi connectivity index (χ1n) is 6.98. The Morgan fingerprint density at radius 1 is 1.12 bits per heavy atom. The van der Waals surface area contributed by atoms with Crippen LogP contribution in [0.2, 0.25) is 0 Å². The van der Waals surface area contributed by atoms with Crippen LogP contribution in [0.5, 0.6) is 0 Å². The molecule has 0 saturated carbocycles. The third-order valence-electron chi connectivity index (χ3n) is 2.85. The van der Waals surface area contributed by atoms with Gasteiger partial charge in [-0.3, -0.25) is 9.59 Å². The number of hydrogen-bond acceptors (Lipinski definition) is 6. The van der Waals surface area contributed by atoms with Gasteiger partial charge in [0.2, 0.25) is 5.91 Å². The first kappa shape index (κ1) is 23.3. The number of anilines is 2. The molecule has 1 heterocycles. The largest absolute Gasteiger partial charge is 0.325 e. The molecule has 138 valence electrons. The van der Waals surface area contributed by atoms with E-state index < -0.39 is 0 Å². The number of likely N-dealkylation sites (N-methyl/N-ethyl adjacent to an activating group) is 1. The van der Waals surface area contributed by atoms with E-state index in [0.717, 1.165) is 0 Å². The van der Waals surface area contributed by atoms with E-state index in [2.05, 4.69) is 15.6 Å². The molecule has 0 radical (unpaired) electrons. The Hall–Kier alpha value is -1.71. The van der Waals surface area contributed by atoms with Crippen molar-refractivity contribution in [1.29, 1.82) is 0 Å². The minimum absolute atomic E-state index is 0. The van der Waals surface area contributed by atoms with E-state index in [1.807, 2.05) is 14.1 Å². The van der Waals surface area contributed by atoms with Crippen LogP contribution in [0, 0.1) is 0 Å². The number of rotatable bonds is 6. The van der Waals surface area contributed by atoms with Crippen LogP contribution in [0.1, 0.15) is 15.5 Å². The van der Waals surface area contributed by atoms with Crippen molar-refractivity contribution in [2.24, 2.45) is 5.73 Å². The summed E-state index contributed by atoms with van der Waals surface area (Å²) in [5.74, 6) is -0.381. The summed E-state index contributed by atoms with van der Waals surface area (Å²) in [5.41, 5.74) is 7.13. The summed E-state index contributed by atoms with van der Waals surface area (Å²) in [6, 6.07) is 6.91. The zero-order chi connectivity index (χ0) is 16.8. The first-order chi connectivity index (χ1) is 11.0. The molecule has 2 aromatic rings. The van der Waals surface area contributed by atoms with Crippen LogP contribution in [-0.4, -0.2) is 42.3 Å². The van der Waals surface area contributed by atoms with Crippen LogP contribution in [0.25, 0.3) is 0 Å². The van der Waals surface area contributed by atoms with Gasteiger partial charge in [-0.25, -0.2) is 4.98 Å². The predicted molar refractivity (Wildman–Crippen MR) is 106 cm³/mol. The third-order valence-corrected chi connectivity index (χ3v) is 3.72. The van der Waals surface area contributed by atoms with Gasteiger partial charge in [0, 0.05) is 23.3 Å². The van der Waals surface area contributed by atoms with E-state index >= 15 is 0 Å². The van der Waals surface area contributed by atoms with Crippen molar-refractivity contribution >= 4 is 59.3 Å². The van der Waals surface area contributed by atoms with Crippen LogP contribution >= 0.6 is 36.2 Å². The minimum atomic E-state index is -0.287. The molecule has 0 aliphatic rings. The quantitative estimate of drug-likeness (QED) is 0.683. The molecule has 7 nitrogen and oxygen atoms in total. The average Bonchev–Trinajstić information content (AvgIpc) is 2.97. The highest BCUT2D eigenvalue weighted by molar-refractivity contribution is 7.09. The van der Waals surface area contributed by atoms with Gasteiger partial charge in [0.05, 0.1) is 6.54 Å². The Morgan fingerprint density at radius 3 is 2.16 bits per heavy atom. The summed E-state index contributed by atoms with van der Waals surface area (Å²) < 4.78 is 0. The molecule has 0 fully saturated rings. The van der Waals surface area contributed by atoms with Crippen LogP contribution in [0.4, 0.5) is 11.4 Å². The number of halogens is 2. The van der Waals surface area contributed by atoms with Crippen LogP contribution in [0.15, 0.2) is 29.6 Å². The van der Waals surface area contributed by atoms with Crippen molar-refractivity contribution in [3.8, 4) is 0 Å². The molecule has 0 unspecified atom stereocenters. The van der Waals surface area contributed by atoms with Gasteiger partial charge in [-0.15, -0.1) is 36.2 Å². The number of nitrogens with one attached hydrogen (secondary N) is 2. The molecule has 0 atom stereocenters. The topological polar surface area (TPSA) is 100 Å². The van der Waals surface area contributed by atoms with Crippen molar-refractivity contribution in [2.75, 3.05) is 31.3 Å². The van der Waals surface area contributed by atoms with Crippen LogP contribution in [-0.2, 0) is 11.3 Å². The van der Waals surface area contributed by atoms with Gasteiger partial charge >= 0.3 is 0 Å². The highest BCUT2D eigenvalue weighted by Crippen LogP contribution is 2.15. The molecule has 0 aliphatic carbocycles. The van der Waals surface area contributed by atoms with Gasteiger partial charge in [0.25, 0.3) is 5.91 Å². The lowest BCUT2D eigenvalue weighted by Gasteiger charge is -2.10.